The lowest BCUT2D eigenvalue weighted by atomic mass is 10.1. The van der Waals surface area contributed by atoms with Crippen molar-refractivity contribution in [2.75, 3.05) is 6.61 Å². The van der Waals surface area contributed by atoms with Gasteiger partial charge in [-0.05, 0) is 12.1 Å². The summed E-state index contributed by atoms with van der Waals surface area (Å²) in [4.78, 5) is 20.6. The van der Waals surface area contributed by atoms with Gasteiger partial charge in [-0.15, -0.1) is 0 Å². The van der Waals surface area contributed by atoms with E-state index in [0.29, 0.717) is 40.8 Å². The maximum atomic E-state index is 14.5. The summed E-state index contributed by atoms with van der Waals surface area (Å²) in [6, 6.07) is 3.05. The lowest BCUT2D eigenvalue weighted by Crippen LogP contribution is -2.22. The minimum Gasteiger partial charge on any atom is -0.361 e. The van der Waals surface area contributed by atoms with Crippen molar-refractivity contribution in [1.82, 2.24) is 24.3 Å². The molecule has 4 aromatic rings. The van der Waals surface area contributed by atoms with E-state index in [9.17, 15) is 13.6 Å². The molecular formula is C21H23F2N5O2Si. The molecule has 10 heteroatoms. The van der Waals surface area contributed by atoms with Crippen molar-refractivity contribution in [1.29, 1.82) is 0 Å². The van der Waals surface area contributed by atoms with Crippen LogP contribution in [0.25, 0.3) is 33.5 Å². The second kappa shape index (κ2) is 7.93. The van der Waals surface area contributed by atoms with Gasteiger partial charge in [0.05, 0.1) is 22.7 Å². The third kappa shape index (κ3) is 4.13. The van der Waals surface area contributed by atoms with Crippen LogP contribution in [0.4, 0.5) is 8.78 Å². The Hall–Kier alpha value is -2.98. The Morgan fingerprint density at radius 1 is 1.23 bits per heavy atom. The van der Waals surface area contributed by atoms with Crippen molar-refractivity contribution in [3.05, 3.63) is 41.7 Å². The van der Waals surface area contributed by atoms with Crippen LogP contribution in [0.2, 0.25) is 25.7 Å². The summed E-state index contributed by atoms with van der Waals surface area (Å²) in [5.74, 6) is -1.42. The van der Waals surface area contributed by atoms with Gasteiger partial charge in [0.15, 0.2) is 11.9 Å². The molecule has 7 nitrogen and oxygen atoms in total. The first kappa shape index (κ1) is 21.3. The topological polar surface area (TPSA) is 74.8 Å². The molecule has 0 aliphatic rings. The molecule has 0 aliphatic carbocycles. The average molecular weight is 444 g/mol. The molecule has 0 unspecified atom stereocenters. The van der Waals surface area contributed by atoms with Crippen molar-refractivity contribution >= 4 is 36.4 Å². The fourth-order valence-corrected chi connectivity index (χ4v) is 4.16. The van der Waals surface area contributed by atoms with E-state index >= 15 is 0 Å². The molecule has 162 valence electrons. The molecular weight excluding hydrogens is 420 g/mol. The SMILES string of the molecule is Cn1nc(-c2cnc3c(n2)c(C=O)cn3COCC[Si](C)(C)C)c2c(F)cc(F)cc21. The lowest BCUT2D eigenvalue weighted by Gasteiger charge is -2.15. The van der Waals surface area contributed by atoms with Crippen LogP contribution in [0, 0.1) is 11.6 Å². The lowest BCUT2D eigenvalue weighted by molar-refractivity contribution is 0.0897. The van der Waals surface area contributed by atoms with Crippen molar-refractivity contribution in [3.8, 4) is 11.4 Å². The Bertz CT molecular complexity index is 1290. The van der Waals surface area contributed by atoms with E-state index in [1.165, 1.54) is 16.9 Å². The maximum Gasteiger partial charge on any atom is 0.161 e. The van der Waals surface area contributed by atoms with Crippen molar-refractivity contribution in [3.63, 3.8) is 0 Å². The number of nitrogens with zero attached hydrogens (tertiary/aromatic N) is 5. The Morgan fingerprint density at radius 3 is 2.71 bits per heavy atom. The largest absolute Gasteiger partial charge is 0.361 e. The van der Waals surface area contributed by atoms with Crippen molar-refractivity contribution in [2.24, 2.45) is 7.05 Å². The number of aryl methyl sites for hydroxylation is 1. The first-order chi connectivity index (χ1) is 14.7. The molecule has 0 saturated heterocycles. The highest BCUT2D eigenvalue weighted by Crippen LogP contribution is 2.30. The third-order valence-electron chi connectivity index (χ3n) is 5.06. The number of benzene rings is 1. The highest BCUT2D eigenvalue weighted by atomic mass is 28.3. The fourth-order valence-electron chi connectivity index (χ4n) is 3.40. The Balaban J connectivity index is 1.72. The second-order valence-electron chi connectivity index (χ2n) is 8.70. The van der Waals surface area contributed by atoms with Crippen LogP contribution in [0.1, 0.15) is 10.4 Å². The molecule has 0 spiro atoms. The molecule has 4 rings (SSSR count). The van der Waals surface area contributed by atoms with Gasteiger partial charge in [0.2, 0.25) is 0 Å². The van der Waals surface area contributed by atoms with Gasteiger partial charge in [-0.3, -0.25) is 9.48 Å². The molecule has 0 saturated carbocycles. The van der Waals surface area contributed by atoms with Gasteiger partial charge in [0, 0.05) is 34.0 Å². The van der Waals surface area contributed by atoms with Gasteiger partial charge in [-0.25, -0.2) is 18.7 Å². The van der Waals surface area contributed by atoms with Crippen molar-refractivity contribution in [2.45, 2.75) is 32.4 Å². The van der Waals surface area contributed by atoms with Crippen LogP contribution >= 0.6 is 0 Å². The average Bonchev–Trinajstić information content (AvgIpc) is 3.22. The standard InChI is InChI=1S/C21H23F2N5O2Si/c1-27-17-8-14(22)7-15(23)18(17)20(26-27)16-9-24-21-19(25-16)13(11-29)10-28(21)12-30-5-6-31(2,3)4/h7-11H,5-6,12H2,1-4H3. The first-order valence-corrected chi connectivity index (χ1v) is 13.6. The number of halogens is 2. The van der Waals surface area contributed by atoms with E-state index < -0.39 is 19.7 Å². The molecule has 0 amide bonds. The molecule has 0 N–H and O–H groups in total. The van der Waals surface area contributed by atoms with Crippen LogP contribution < -0.4 is 0 Å². The number of rotatable bonds is 7. The molecule has 0 atom stereocenters. The normalized spacial score (nSPS) is 12.2. The Morgan fingerprint density at radius 2 is 2.00 bits per heavy atom. The quantitative estimate of drug-likeness (QED) is 0.241. The molecule has 3 heterocycles. The van der Waals surface area contributed by atoms with Crippen LogP contribution in [0.5, 0.6) is 0 Å². The molecule has 0 fully saturated rings. The maximum absolute atomic E-state index is 14.5. The number of fused-ring (bicyclic) bond motifs is 2. The van der Waals surface area contributed by atoms with E-state index in [1.54, 1.807) is 17.8 Å². The second-order valence-corrected chi connectivity index (χ2v) is 14.3. The zero-order valence-corrected chi connectivity index (χ0v) is 18.8. The van der Waals surface area contributed by atoms with E-state index in [1.807, 2.05) is 0 Å². The fraction of sp³-hybridized carbons (Fsp3) is 0.333. The summed E-state index contributed by atoms with van der Waals surface area (Å²) in [6.07, 6.45) is 3.81. The molecule has 0 bridgehead atoms. The third-order valence-corrected chi connectivity index (χ3v) is 6.76. The van der Waals surface area contributed by atoms with Crippen LogP contribution in [-0.2, 0) is 18.5 Å². The number of ether oxygens (including phenoxy) is 1. The van der Waals surface area contributed by atoms with E-state index in [-0.39, 0.29) is 17.8 Å². The van der Waals surface area contributed by atoms with Crippen LogP contribution in [0.15, 0.2) is 24.5 Å². The number of carbonyl (C=O) groups excluding carboxylic acids is 1. The predicted octanol–water partition coefficient (Wildman–Crippen LogP) is 4.39. The summed E-state index contributed by atoms with van der Waals surface area (Å²) in [5, 5.41) is 4.46. The van der Waals surface area contributed by atoms with Gasteiger partial charge >= 0.3 is 0 Å². The monoisotopic (exact) mass is 443 g/mol. The molecule has 31 heavy (non-hydrogen) atoms. The van der Waals surface area contributed by atoms with E-state index in [2.05, 4.69) is 34.7 Å². The summed E-state index contributed by atoms with van der Waals surface area (Å²) >= 11 is 0. The van der Waals surface area contributed by atoms with Crippen LogP contribution in [0.3, 0.4) is 0 Å². The number of hydrogen-bond acceptors (Lipinski definition) is 5. The van der Waals surface area contributed by atoms with Gasteiger partial charge in [-0.2, -0.15) is 5.10 Å². The minimum absolute atomic E-state index is 0.152. The summed E-state index contributed by atoms with van der Waals surface area (Å²) in [5.41, 5.74) is 2.06. The highest BCUT2D eigenvalue weighted by molar-refractivity contribution is 6.76. The summed E-state index contributed by atoms with van der Waals surface area (Å²) in [7, 11) is 0.393. The minimum atomic E-state index is -1.21. The Kier molecular flexibility index (Phi) is 5.44. The molecule has 3 aromatic heterocycles. The smallest absolute Gasteiger partial charge is 0.161 e. The highest BCUT2D eigenvalue weighted by Gasteiger charge is 2.20. The zero-order valence-electron chi connectivity index (χ0n) is 17.8. The van der Waals surface area contributed by atoms with Gasteiger partial charge in [0.1, 0.15) is 35.3 Å². The van der Waals surface area contributed by atoms with Gasteiger partial charge in [0.25, 0.3) is 0 Å². The first-order valence-electron chi connectivity index (χ1n) is 9.89. The predicted molar refractivity (Wildman–Crippen MR) is 117 cm³/mol. The van der Waals surface area contributed by atoms with E-state index in [4.69, 9.17) is 4.74 Å². The van der Waals surface area contributed by atoms with Crippen LogP contribution in [-0.4, -0.2) is 45.3 Å². The Labute approximate surface area is 178 Å². The van der Waals surface area contributed by atoms with E-state index in [0.717, 1.165) is 12.1 Å². The molecule has 0 aliphatic heterocycles. The molecule has 0 radical (unpaired) electrons. The van der Waals surface area contributed by atoms with Gasteiger partial charge < -0.3 is 9.30 Å². The van der Waals surface area contributed by atoms with Crippen molar-refractivity contribution < 1.29 is 18.3 Å². The number of aldehydes is 1. The number of hydrogen-bond donors (Lipinski definition) is 0. The molecule has 1 aromatic carbocycles. The number of carbonyl (C=O) groups is 1. The summed E-state index contributed by atoms with van der Waals surface area (Å²) < 4.78 is 37.0. The number of aromatic nitrogens is 5. The zero-order chi connectivity index (χ0) is 22.3. The van der Waals surface area contributed by atoms with Gasteiger partial charge in [-0.1, -0.05) is 19.6 Å². The summed E-state index contributed by atoms with van der Waals surface area (Å²) in [6.45, 7) is 7.71.